The van der Waals surface area contributed by atoms with E-state index in [1.165, 1.54) is 0 Å². The van der Waals surface area contributed by atoms with Gasteiger partial charge in [0, 0.05) is 19.6 Å². The molecule has 0 spiro atoms. The van der Waals surface area contributed by atoms with E-state index in [1.807, 2.05) is 30.9 Å². The predicted octanol–water partition coefficient (Wildman–Crippen LogP) is 0.632. The quantitative estimate of drug-likeness (QED) is 0.653. The molecule has 0 fully saturated rings. The molecule has 5 nitrogen and oxygen atoms in total. The van der Waals surface area contributed by atoms with E-state index in [1.54, 1.807) is 7.11 Å². The smallest absolute Gasteiger partial charge is 0.119 e. The van der Waals surface area contributed by atoms with Crippen LogP contribution in [0.1, 0.15) is 22.8 Å². The van der Waals surface area contributed by atoms with Gasteiger partial charge in [-0.1, -0.05) is 0 Å². The summed E-state index contributed by atoms with van der Waals surface area (Å²) in [6.07, 6.45) is -0.654. The number of hydrogen-bond acceptors (Lipinski definition) is 5. The van der Waals surface area contributed by atoms with Crippen molar-refractivity contribution in [1.29, 1.82) is 0 Å². The fraction of sp³-hybridized carbons (Fsp3) is 0.600. The number of nitrogens with zero attached hydrogens (tertiary/aromatic N) is 1. The van der Waals surface area contributed by atoms with Crippen LogP contribution < -0.4 is 4.74 Å². The van der Waals surface area contributed by atoms with Gasteiger partial charge in [0.05, 0.1) is 26.4 Å². The fourth-order valence-electron chi connectivity index (χ4n) is 2.49. The largest absolute Gasteiger partial charge is 0.497 e. The van der Waals surface area contributed by atoms with Crippen LogP contribution in [0.5, 0.6) is 5.75 Å². The van der Waals surface area contributed by atoms with Crippen molar-refractivity contribution in [3.05, 3.63) is 28.8 Å². The molecule has 0 radical (unpaired) electrons. The SMILES string of the molecule is COc1cc(C)c(C(O)CN(CCO)CCO)c(C)c1. The summed E-state index contributed by atoms with van der Waals surface area (Å²) in [6.45, 7) is 5.15. The normalized spacial score (nSPS) is 12.8. The first-order valence-corrected chi connectivity index (χ1v) is 6.80. The molecule has 1 rings (SSSR count). The number of rotatable bonds is 8. The van der Waals surface area contributed by atoms with Crippen LogP contribution >= 0.6 is 0 Å². The maximum absolute atomic E-state index is 10.4. The van der Waals surface area contributed by atoms with E-state index < -0.39 is 6.10 Å². The van der Waals surface area contributed by atoms with E-state index >= 15 is 0 Å². The van der Waals surface area contributed by atoms with Crippen molar-refractivity contribution >= 4 is 0 Å². The number of aliphatic hydroxyl groups is 3. The lowest BCUT2D eigenvalue weighted by molar-refractivity contribution is 0.0868. The molecule has 3 N–H and O–H groups in total. The van der Waals surface area contributed by atoms with Gasteiger partial charge in [-0.15, -0.1) is 0 Å². The molecule has 5 heteroatoms. The Morgan fingerprint density at radius 2 is 1.60 bits per heavy atom. The third kappa shape index (κ3) is 4.45. The van der Waals surface area contributed by atoms with E-state index in [0.29, 0.717) is 19.6 Å². The van der Waals surface area contributed by atoms with Gasteiger partial charge in [-0.25, -0.2) is 0 Å². The summed E-state index contributed by atoms with van der Waals surface area (Å²) in [4.78, 5) is 1.84. The van der Waals surface area contributed by atoms with Crippen LogP contribution in [0.3, 0.4) is 0 Å². The van der Waals surface area contributed by atoms with Crippen LogP contribution in [0.4, 0.5) is 0 Å². The van der Waals surface area contributed by atoms with Crippen LogP contribution in [0.2, 0.25) is 0 Å². The van der Waals surface area contributed by atoms with Crippen molar-refractivity contribution in [1.82, 2.24) is 4.90 Å². The van der Waals surface area contributed by atoms with Crippen LogP contribution in [-0.2, 0) is 0 Å². The Labute approximate surface area is 120 Å². The third-order valence-corrected chi connectivity index (χ3v) is 3.40. The lowest BCUT2D eigenvalue weighted by atomic mass is 9.97. The van der Waals surface area contributed by atoms with Gasteiger partial charge in [0.25, 0.3) is 0 Å². The summed E-state index contributed by atoms with van der Waals surface area (Å²) in [6, 6.07) is 3.79. The maximum Gasteiger partial charge on any atom is 0.119 e. The van der Waals surface area contributed by atoms with Crippen molar-refractivity contribution in [3.8, 4) is 5.75 Å². The summed E-state index contributed by atoms with van der Waals surface area (Å²) in [7, 11) is 1.62. The lowest BCUT2D eigenvalue weighted by Crippen LogP contribution is -2.34. The predicted molar refractivity (Wildman–Crippen MR) is 78.0 cm³/mol. The van der Waals surface area contributed by atoms with Crippen LogP contribution in [-0.4, -0.2) is 60.2 Å². The van der Waals surface area contributed by atoms with Crippen molar-refractivity contribution in [2.45, 2.75) is 20.0 Å². The zero-order valence-electron chi connectivity index (χ0n) is 12.5. The van der Waals surface area contributed by atoms with Crippen molar-refractivity contribution in [3.63, 3.8) is 0 Å². The van der Waals surface area contributed by atoms with E-state index in [9.17, 15) is 5.11 Å². The Morgan fingerprint density at radius 3 is 2.00 bits per heavy atom. The van der Waals surface area contributed by atoms with Gasteiger partial charge in [-0.3, -0.25) is 4.90 Å². The molecular formula is C15H25NO4. The summed E-state index contributed by atoms with van der Waals surface area (Å²) >= 11 is 0. The van der Waals surface area contributed by atoms with Crippen LogP contribution in [0.15, 0.2) is 12.1 Å². The van der Waals surface area contributed by atoms with Crippen LogP contribution in [0.25, 0.3) is 0 Å². The average molecular weight is 283 g/mol. The monoisotopic (exact) mass is 283 g/mol. The number of ether oxygens (including phenoxy) is 1. The highest BCUT2D eigenvalue weighted by atomic mass is 16.5. The molecule has 1 aromatic rings. The van der Waals surface area contributed by atoms with Gasteiger partial charge < -0.3 is 20.1 Å². The Kier molecular flexibility index (Phi) is 6.95. The maximum atomic E-state index is 10.4. The zero-order chi connectivity index (χ0) is 15.1. The van der Waals surface area contributed by atoms with Crippen molar-refractivity contribution < 1.29 is 20.1 Å². The number of aliphatic hydroxyl groups excluding tert-OH is 3. The fourth-order valence-corrected chi connectivity index (χ4v) is 2.49. The highest BCUT2D eigenvalue weighted by Crippen LogP contribution is 2.27. The average Bonchev–Trinajstić information content (AvgIpc) is 2.38. The Hall–Kier alpha value is -1.14. The molecule has 0 bridgehead atoms. The number of benzene rings is 1. The molecule has 0 saturated carbocycles. The summed E-state index contributed by atoms with van der Waals surface area (Å²) < 4.78 is 5.21. The minimum atomic E-state index is -0.654. The highest BCUT2D eigenvalue weighted by Gasteiger charge is 2.17. The van der Waals surface area contributed by atoms with Gasteiger partial charge in [0.1, 0.15) is 5.75 Å². The van der Waals surface area contributed by atoms with E-state index in [4.69, 9.17) is 14.9 Å². The molecule has 1 aromatic carbocycles. The summed E-state index contributed by atoms with van der Waals surface area (Å²) in [5, 5.41) is 28.4. The van der Waals surface area contributed by atoms with Gasteiger partial charge in [0.15, 0.2) is 0 Å². The van der Waals surface area contributed by atoms with E-state index in [-0.39, 0.29) is 13.2 Å². The molecule has 0 aromatic heterocycles. The van der Waals surface area contributed by atoms with E-state index in [0.717, 1.165) is 22.4 Å². The first kappa shape index (κ1) is 16.9. The second kappa shape index (κ2) is 8.21. The molecule has 20 heavy (non-hydrogen) atoms. The minimum Gasteiger partial charge on any atom is -0.497 e. The van der Waals surface area contributed by atoms with E-state index in [2.05, 4.69) is 0 Å². The highest BCUT2D eigenvalue weighted by molar-refractivity contribution is 5.42. The number of methoxy groups -OCH3 is 1. The topological polar surface area (TPSA) is 73.2 Å². The zero-order valence-corrected chi connectivity index (χ0v) is 12.5. The van der Waals surface area contributed by atoms with Crippen molar-refractivity contribution in [2.24, 2.45) is 0 Å². The molecule has 0 aliphatic rings. The molecule has 1 unspecified atom stereocenters. The first-order chi connectivity index (χ1) is 9.53. The minimum absolute atomic E-state index is 0.00724. The molecule has 0 amide bonds. The molecule has 0 aliphatic carbocycles. The summed E-state index contributed by atoms with van der Waals surface area (Å²) in [5.74, 6) is 0.776. The second-order valence-electron chi connectivity index (χ2n) is 4.94. The van der Waals surface area contributed by atoms with Crippen LogP contribution in [0, 0.1) is 13.8 Å². The molecule has 114 valence electrons. The summed E-state index contributed by atoms with van der Waals surface area (Å²) in [5.41, 5.74) is 2.83. The Bertz CT molecular complexity index is 393. The molecular weight excluding hydrogens is 258 g/mol. The molecule has 0 aliphatic heterocycles. The molecule has 0 heterocycles. The first-order valence-electron chi connectivity index (χ1n) is 6.80. The lowest BCUT2D eigenvalue weighted by Gasteiger charge is -2.25. The van der Waals surface area contributed by atoms with Gasteiger partial charge >= 0.3 is 0 Å². The second-order valence-corrected chi connectivity index (χ2v) is 4.94. The van der Waals surface area contributed by atoms with Gasteiger partial charge in [0.2, 0.25) is 0 Å². The number of hydrogen-bond donors (Lipinski definition) is 3. The molecule has 0 saturated heterocycles. The molecule has 1 atom stereocenters. The standard InChI is InChI=1S/C15H25NO4/c1-11-8-13(20-3)9-12(2)15(11)14(19)10-16(4-6-17)5-7-18/h8-9,14,17-19H,4-7,10H2,1-3H3. The Balaban J connectivity index is 2.88. The van der Waals surface area contributed by atoms with Crippen molar-refractivity contribution in [2.75, 3.05) is 40.0 Å². The third-order valence-electron chi connectivity index (χ3n) is 3.40. The van der Waals surface area contributed by atoms with Gasteiger partial charge in [-0.05, 0) is 42.7 Å². The van der Waals surface area contributed by atoms with Gasteiger partial charge in [-0.2, -0.15) is 0 Å². The number of aryl methyl sites for hydroxylation is 2. The Morgan fingerprint density at radius 1 is 1.10 bits per heavy atom.